The third-order valence-corrected chi connectivity index (χ3v) is 3.19. The second kappa shape index (κ2) is 6.14. The molecule has 1 aromatic rings. The van der Waals surface area contributed by atoms with Gasteiger partial charge in [0, 0.05) is 11.1 Å². The van der Waals surface area contributed by atoms with E-state index in [9.17, 15) is 0 Å². The molecule has 0 radical (unpaired) electrons. The average molecular weight is 226 g/mol. The Morgan fingerprint density at radius 1 is 1.27 bits per heavy atom. The lowest BCUT2D eigenvalue weighted by Gasteiger charge is -2.18. The van der Waals surface area contributed by atoms with Gasteiger partial charge in [-0.3, -0.25) is 0 Å². The summed E-state index contributed by atoms with van der Waals surface area (Å²) in [5.74, 6) is 0.718. The van der Waals surface area contributed by atoms with Gasteiger partial charge in [0.15, 0.2) is 0 Å². The lowest BCUT2D eigenvalue weighted by atomic mass is 10.1. The topological polar surface area (TPSA) is 12.0 Å². The van der Waals surface area contributed by atoms with Gasteiger partial charge in [0.25, 0.3) is 0 Å². The maximum atomic E-state index is 6.13. The van der Waals surface area contributed by atoms with Crippen LogP contribution in [0.25, 0.3) is 0 Å². The molecule has 0 aliphatic rings. The highest BCUT2D eigenvalue weighted by atomic mass is 35.5. The SMILES string of the molecule is CCC(C)CN[C@@H](C)c1ccccc1Cl. The van der Waals surface area contributed by atoms with E-state index in [-0.39, 0.29) is 0 Å². The minimum Gasteiger partial charge on any atom is -0.310 e. The van der Waals surface area contributed by atoms with E-state index >= 15 is 0 Å². The molecule has 1 N–H and O–H groups in total. The molecule has 0 saturated heterocycles. The van der Waals surface area contributed by atoms with Crippen LogP contribution in [0.15, 0.2) is 24.3 Å². The third kappa shape index (κ3) is 3.84. The van der Waals surface area contributed by atoms with E-state index in [4.69, 9.17) is 11.6 Å². The Labute approximate surface area is 97.8 Å². The van der Waals surface area contributed by atoms with E-state index in [1.165, 1.54) is 12.0 Å². The van der Waals surface area contributed by atoms with Crippen molar-refractivity contribution in [3.63, 3.8) is 0 Å². The van der Waals surface area contributed by atoms with Crippen LogP contribution in [-0.2, 0) is 0 Å². The minimum absolute atomic E-state index is 0.327. The molecule has 0 bridgehead atoms. The zero-order chi connectivity index (χ0) is 11.3. The number of rotatable bonds is 5. The van der Waals surface area contributed by atoms with Gasteiger partial charge in [0.05, 0.1) is 0 Å². The molecule has 0 saturated carbocycles. The Bertz CT molecular complexity index is 298. The molecule has 1 aromatic carbocycles. The van der Waals surface area contributed by atoms with Gasteiger partial charge in [-0.2, -0.15) is 0 Å². The van der Waals surface area contributed by atoms with Crippen LogP contribution in [-0.4, -0.2) is 6.54 Å². The molecule has 84 valence electrons. The number of halogens is 1. The molecule has 2 atom stereocenters. The summed E-state index contributed by atoms with van der Waals surface area (Å²) in [6.45, 7) is 7.67. The first-order chi connectivity index (χ1) is 7.15. The maximum Gasteiger partial charge on any atom is 0.0453 e. The monoisotopic (exact) mass is 225 g/mol. The first-order valence-electron chi connectivity index (χ1n) is 5.63. The number of nitrogens with one attached hydrogen (secondary N) is 1. The molecule has 0 aliphatic carbocycles. The molecule has 0 fully saturated rings. The molecule has 0 amide bonds. The maximum absolute atomic E-state index is 6.13. The number of hydrogen-bond acceptors (Lipinski definition) is 1. The molecule has 0 aromatic heterocycles. The van der Waals surface area contributed by atoms with Crippen LogP contribution in [0.1, 0.15) is 38.8 Å². The average Bonchev–Trinajstić information content (AvgIpc) is 2.26. The Morgan fingerprint density at radius 3 is 2.53 bits per heavy atom. The molecule has 0 spiro atoms. The van der Waals surface area contributed by atoms with E-state index in [0.717, 1.165) is 17.5 Å². The summed E-state index contributed by atoms with van der Waals surface area (Å²) >= 11 is 6.13. The van der Waals surface area contributed by atoms with Crippen molar-refractivity contribution in [3.8, 4) is 0 Å². The third-order valence-electron chi connectivity index (χ3n) is 2.84. The largest absolute Gasteiger partial charge is 0.310 e. The van der Waals surface area contributed by atoms with Gasteiger partial charge >= 0.3 is 0 Å². The van der Waals surface area contributed by atoms with Crippen molar-refractivity contribution in [1.29, 1.82) is 0 Å². The summed E-state index contributed by atoms with van der Waals surface area (Å²) in [6, 6.07) is 8.35. The molecule has 15 heavy (non-hydrogen) atoms. The predicted molar refractivity (Wildman–Crippen MR) is 67.3 cm³/mol. The second-order valence-corrected chi connectivity index (χ2v) is 4.57. The quantitative estimate of drug-likeness (QED) is 0.798. The van der Waals surface area contributed by atoms with Gasteiger partial charge in [0.1, 0.15) is 0 Å². The Morgan fingerprint density at radius 2 is 1.93 bits per heavy atom. The summed E-state index contributed by atoms with van der Waals surface area (Å²) in [7, 11) is 0. The lowest BCUT2D eigenvalue weighted by Crippen LogP contribution is -2.24. The smallest absolute Gasteiger partial charge is 0.0453 e. The molecule has 1 rings (SSSR count). The fourth-order valence-electron chi connectivity index (χ4n) is 1.46. The van der Waals surface area contributed by atoms with Crippen LogP contribution in [0.4, 0.5) is 0 Å². The fourth-order valence-corrected chi connectivity index (χ4v) is 1.76. The Hall–Kier alpha value is -0.530. The van der Waals surface area contributed by atoms with Gasteiger partial charge in [-0.15, -0.1) is 0 Å². The van der Waals surface area contributed by atoms with E-state index in [0.29, 0.717) is 6.04 Å². The van der Waals surface area contributed by atoms with Crippen LogP contribution in [0.2, 0.25) is 5.02 Å². The zero-order valence-corrected chi connectivity index (χ0v) is 10.5. The van der Waals surface area contributed by atoms with Gasteiger partial charge in [-0.25, -0.2) is 0 Å². The summed E-state index contributed by atoms with van der Waals surface area (Å²) in [4.78, 5) is 0. The highest BCUT2D eigenvalue weighted by molar-refractivity contribution is 6.31. The van der Waals surface area contributed by atoms with Crippen molar-refractivity contribution in [1.82, 2.24) is 5.32 Å². The highest BCUT2D eigenvalue weighted by Gasteiger charge is 2.09. The van der Waals surface area contributed by atoms with Gasteiger partial charge in [-0.1, -0.05) is 50.1 Å². The van der Waals surface area contributed by atoms with Crippen LogP contribution in [0.3, 0.4) is 0 Å². The molecule has 1 unspecified atom stereocenters. The predicted octanol–water partition coefficient (Wildman–Crippen LogP) is 4.04. The normalized spacial score (nSPS) is 14.9. The van der Waals surface area contributed by atoms with E-state index in [1.54, 1.807) is 0 Å². The van der Waals surface area contributed by atoms with Crippen molar-refractivity contribution >= 4 is 11.6 Å². The number of hydrogen-bond donors (Lipinski definition) is 1. The Balaban J connectivity index is 2.54. The van der Waals surface area contributed by atoms with Crippen LogP contribution in [0.5, 0.6) is 0 Å². The zero-order valence-electron chi connectivity index (χ0n) is 9.76. The van der Waals surface area contributed by atoms with Gasteiger partial charge in [-0.05, 0) is 31.0 Å². The van der Waals surface area contributed by atoms with Crippen LogP contribution >= 0.6 is 11.6 Å². The highest BCUT2D eigenvalue weighted by Crippen LogP contribution is 2.22. The van der Waals surface area contributed by atoms with Gasteiger partial charge in [0.2, 0.25) is 0 Å². The first-order valence-corrected chi connectivity index (χ1v) is 6.00. The summed E-state index contributed by atoms with van der Waals surface area (Å²) in [6.07, 6.45) is 1.21. The van der Waals surface area contributed by atoms with Crippen LogP contribution < -0.4 is 5.32 Å². The first kappa shape index (κ1) is 12.5. The van der Waals surface area contributed by atoms with E-state index in [2.05, 4.69) is 32.2 Å². The fraction of sp³-hybridized carbons (Fsp3) is 0.538. The van der Waals surface area contributed by atoms with E-state index < -0.39 is 0 Å². The number of benzene rings is 1. The van der Waals surface area contributed by atoms with Crippen molar-refractivity contribution in [2.45, 2.75) is 33.2 Å². The molecule has 1 nitrogen and oxygen atoms in total. The minimum atomic E-state index is 0.327. The van der Waals surface area contributed by atoms with E-state index in [1.807, 2.05) is 18.2 Å². The molecule has 0 heterocycles. The van der Waals surface area contributed by atoms with Crippen molar-refractivity contribution in [3.05, 3.63) is 34.9 Å². The van der Waals surface area contributed by atoms with Crippen molar-refractivity contribution in [2.75, 3.05) is 6.54 Å². The van der Waals surface area contributed by atoms with Crippen LogP contribution in [0, 0.1) is 5.92 Å². The van der Waals surface area contributed by atoms with Crippen molar-refractivity contribution < 1.29 is 0 Å². The summed E-state index contributed by atoms with van der Waals surface area (Å²) < 4.78 is 0. The van der Waals surface area contributed by atoms with Gasteiger partial charge < -0.3 is 5.32 Å². The summed E-state index contributed by atoms with van der Waals surface area (Å²) in [5, 5.41) is 4.35. The molecular weight excluding hydrogens is 206 g/mol. The molecular formula is C13H20ClN. The van der Waals surface area contributed by atoms with Crippen molar-refractivity contribution in [2.24, 2.45) is 5.92 Å². The standard InChI is InChI=1S/C13H20ClN/c1-4-10(2)9-15-11(3)12-7-5-6-8-13(12)14/h5-8,10-11,15H,4,9H2,1-3H3/t10?,11-/m0/s1. The lowest BCUT2D eigenvalue weighted by molar-refractivity contribution is 0.461. The summed E-state index contributed by atoms with van der Waals surface area (Å²) in [5.41, 5.74) is 1.18. The molecule has 0 aliphatic heterocycles. The Kier molecular flexibility index (Phi) is 5.13. The molecule has 2 heteroatoms. The second-order valence-electron chi connectivity index (χ2n) is 4.16.